The van der Waals surface area contributed by atoms with Gasteiger partial charge in [0.25, 0.3) is 0 Å². The number of rotatable bonds is 2. The molecule has 1 heterocycles. The lowest BCUT2D eigenvalue weighted by Crippen LogP contribution is -2.04. The van der Waals surface area contributed by atoms with E-state index in [1.807, 2.05) is 14.0 Å². The van der Waals surface area contributed by atoms with Crippen molar-refractivity contribution in [3.63, 3.8) is 0 Å². The van der Waals surface area contributed by atoms with Gasteiger partial charge in [0.2, 0.25) is 0 Å². The maximum absolute atomic E-state index is 11.1. The molecule has 0 amide bonds. The van der Waals surface area contributed by atoms with Crippen LogP contribution in [0.4, 0.5) is 0 Å². The molecule has 0 aliphatic heterocycles. The van der Waals surface area contributed by atoms with E-state index >= 15 is 0 Å². The van der Waals surface area contributed by atoms with Gasteiger partial charge >= 0.3 is 5.97 Å². The first-order valence-electron chi connectivity index (χ1n) is 3.82. The number of ether oxygens (including phenoxy) is 1. The molecule has 0 saturated heterocycles. The number of aromatic nitrogens is 2. The van der Waals surface area contributed by atoms with Crippen molar-refractivity contribution < 1.29 is 9.53 Å². The van der Waals surface area contributed by atoms with Gasteiger partial charge in [0.1, 0.15) is 5.82 Å². The van der Waals surface area contributed by atoms with Gasteiger partial charge in [0.15, 0.2) is 5.69 Å². The van der Waals surface area contributed by atoms with E-state index in [-0.39, 0.29) is 5.97 Å². The van der Waals surface area contributed by atoms with Gasteiger partial charge in [-0.15, -0.1) is 0 Å². The van der Waals surface area contributed by atoms with Gasteiger partial charge in [-0.1, -0.05) is 0 Å². The molecule has 4 nitrogen and oxygen atoms in total. The standard InChI is InChI=1S/C8H12N2O2/c1-4-12-8(11)7-5-10(3)6(2)9-7/h5H,4H2,1-3H3. The van der Waals surface area contributed by atoms with Crippen LogP contribution in [0.5, 0.6) is 0 Å². The maximum Gasteiger partial charge on any atom is 0.358 e. The molecule has 0 aliphatic rings. The Labute approximate surface area is 71.2 Å². The van der Waals surface area contributed by atoms with Crippen LogP contribution in [0.3, 0.4) is 0 Å². The zero-order chi connectivity index (χ0) is 9.14. The molecule has 0 fully saturated rings. The van der Waals surface area contributed by atoms with Gasteiger partial charge in [-0.25, -0.2) is 9.78 Å². The minimum absolute atomic E-state index is 0.360. The Kier molecular flexibility index (Phi) is 2.47. The van der Waals surface area contributed by atoms with Crippen LogP contribution in [-0.2, 0) is 11.8 Å². The SMILES string of the molecule is CCOC(=O)c1cn(C)c(C)n1. The van der Waals surface area contributed by atoms with E-state index in [4.69, 9.17) is 4.74 Å². The third kappa shape index (κ3) is 1.64. The first kappa shape index (κ1) is 8.77. The largest absolute Gasteiger partial charge is 0.461 e. The average Bonchev–Trinajstić information content (AvgIpc) is 2.33. The Bertz CT molecular complexity index is 272. The summed E-state index contributed by atoms with van der Waals surface area (Å²) < 4.78 is 6.57. The lowest BCUT2D eigenvalue weighted by molar-refractivity contribution is 0.0520. The van der Waals surface area contributed by atoms with Crippen LogP contribution in [0, 0.1) is 6.92 Å². The summed E-state index contributed by atoms with van der Waals surface area (Å²) in [5, 5.41) is 0. The Morgan fingerprint density at radius 2 is 2.42 bits per heavy atom. The molecule has 0 atom stereocenters. The minimum Gasteiger partial charge on any atom is -0.461 e. The summed E-state index contributed by atoms with van der Waals surface area (Å²) in [6, 6.07) is 0. The molecule has 0 radical (unpaired) electrons. The number of hydrogen-bond acceptors (Lipinski definition) is 3. The fourth-order valence-electron chi connectivity index (χ4n) is 0.862. The molecule has 1 aromatic heterocycles. The average molecular weight is 168 g/mol. The molecule has 0 spiro atoms. The predicted octanol–water partition coefficient (Wildman–Crippen LogP) is 0.905. The zero-order valence-corrected chi connectivity index (χ0v) is 7.50. The highest BCUT2D eigenvalue weighted by molar-refractivity contribution is 5.87. The first-order valence-corrected chi connectivity index (χ1v) is 3.82. The monoisotopic (exact) mass is 168 g/mol. The quantitative estimate of drug-likeness (QED) is 0.616. The second kappa shape index (κ2) is 3.38. The van der Waals surface area contributed by atoms with Crippen LogP contribution in [0.15, 0.2) is 6.20 Å². The summed E-state index contributed by atoms with van der Waals surface area (Å²) in [6.07, 6.45) is 1.66. The van der Waals surface area contributed by atoms with Crippen molar-refractivity contribution in [3.05, 3.63) is 17.7 Å². The second-order valence-corrected chi connectivity index (χ2v) is 2.50. The third-order valence-corrected chi connectivity index (χ3v) is 1.59. The van der Waals surface area contributed by atoms with Crippen LogP contribution in [0.2, 0.25) is 0 Å². The van der Waals surface area contributed by atoms with Crippen molar-refractivity contribution in [2.75, 3.05) is 6.61 Å². The molecule has 0 aromatic carbocycles. The summed E-state index contributed by atoms with van der Waals surface area (Å²) in [6.45, 7) is 3.99. The van der Waals surface area contributed by atoms with Crippen LogP contribution in [0.25, 0.3) is 0 Å². The van der Waals surface area contributed by atoms with Crippen molar-refractivity contribution >= 4 is 5.97 Å². The Hall–Kier alpha value is -1.32. The summed E-state index contributed by atoms with van der Waals surface area (Å²) in [7, 11) is 1.84. The number of esters is 1. The van der Waals surface area contributed by atoms with Crippen LogP contribution in [-0.4, -0.2) is 22.1 Å². The van der Waals surface area contributed by atoms with Gasteiger partial charge in [-0.2, -0.15) is 0 Å². The van der Waals surface area contributed by atoms with Gasteiger partial charge in [-0.05, 0) is 13.8 Å². The summed E-state index contributed by atoms with van der Waals surface area (Å²) >= 11 is 0. The van der Waals surface area contributed by atoms with Gasteiger partial charge < -0.3 is 9.30 Å². The number of aryl methyl sites for hydroxylation is 2. The molecule has 12 heavy (non-hydrogen) atoms. The fourth-order valence-corrected chi connectivity index (χ4v) is 0.862. The highest BCUT2D eigenvalue weighted by atomic mass is 16.5. The zero-order valence-electron chi connectivity index (χ0n) is 7.50. The van der Waals surface area contributed by atoms with E-state index in [1.54, 1.807) is 17.7 Å². The molecule has 1 aromatic rings. The van der Waals surface area contributed by atoms with E-state index < -0.39 is 0 Å². The van der Waals surface area contributed by atoms with E-state index in [1.165, 1.54) is 0 Å². The predicted molar refractivity (Wildman–Crippen MR) is 43.9 cm³/mol. The van der Waals surface area contributed by atoms with Gasteiger partial charge in [0, 0.05) is 13.2 Å². The third-order valence-electron chi connectivity index (χ3n) is 1.59. The molecule has 0 saturated carbocycles. The van der Waals surface area contributed by atoms with Crippen molar-refractivity contribution in [1.82, 2.24) is 9.55 Å². The van der Waals surface area contributed by atoms with Crippen LogP contribution < -0.4 is 0 Å². The molecular formula is C8H12N2O2. The topological polar surface area (TPSA) is 44.1 Å². The fraction of sp³-hybridized carbons (Fsp3) is 0.500. The smallest absolute Gasteiger partial charge is 0.358 e. The Balaban J connectivity index is 2.82. The molecule has 0 unspecified atom stereocenters. The van der Waals surface area contributed by atoms with E-state index in [2.05, 4.69) is 4.98 Å². The van der Waals surface area contributed by atoms with Crippen molar-refractivity contribution in [2.24, 2.45) is 7.05 Å². The lowest BCUT2D eigenvalue weighted by Gasteiger charge is -1.95. The Morgan fingerprint density at radius 3 is 2.83 bits per heavy atom. The van der Waals surface area contributed by atoms with Crippen molar-refractivity contribution in [2.45, 2.75) is 13.8 Å². The second-order valence-electron chi connectivity index (χ2n) is 2.50. The number of carbonyl (C=O) groups excluding carboxylic acids is 1. The number of carbonyl (C=O) groups is 1. The molecule has 66 valence electrons. The highest BCUT2D eigenvalue weighted by Gasteiger charge is 2.10. The van der Waals surface area contributed by atoms with Gasteiger partial charge in [0.05, 0.1) is 6.61 Å². The minimum atomic E-state index is -0.360. The summed E-state index contributed by atoms with van der Waals surface area (Å²) in [4.78, 5) is 15.1. The molecule has 4 heteroatoms. The highest BCUT2D eigenvalue weighted by Crippen LogP contribution is 2.01. The molecule has 0 N–H and O–H groups in total. The van der Waals surface area contributed by atoms with E-state index in [0.717, 1.165) is 5.82 Å². The summed E-state index contributed by atoms with van der Waals surface area (Å²) in [5.41, 5.74) is 0.372. The van der Waals surface area contributed by atoms with E-state index in [0.29, 0.717) is 12.3 Å². The van der Waals surface area contributed by atoms with E-state index in [9.17, 15) is 4.79 Å². The summed E-state index contributed by atoms with van der Waals surface area (Å²) in [5.74, 6) is 0.444. The molecule has 1 rings (SSSR count). The van der Waals surface area contributed by atoms with Gasteiger partial charge in [-0.3, -0.25) is 0 Å². The van der Waals surface area contributed by atoms with Crippen molar-refractivity contribution in [3.8, 4) is 0 Å². The van der Waals surface area contributed by atoms with Crippen LogP contribution in [0.1, 0.15) is 23.2 Å². The number of hydrogen-bond donors (Lipinski definition) is 0. The lowest BCUT2D eigenvalue weighted by atomic mass is 10.5. The van der Waals surface area contributed by atoms with Crippen molar-refractivity contribution in [1.29, 1.82) is 0 Å². The normalized spacial score (nSPS) is 9.92. The van der Waals surface area contributed by atoms with Crippen LogP contribution >= 0.6 is 0 Å². The number of nitrogens with zero attached hydrogens (tertiary/aromatic N) is 2. The molecule has 0 aliphatic carbocycles. The maximum atomic E-state index is 11.1. The Morgan fingerprint density at radius 1 is 1.75 bits per heavy atom. The molecule has 0 bridgehead atoms. The number of imidazole rings is 1. The first-order chi connectivity index (χ1) is 5.65. The molecular weight excluding hydrogens is 156 g/mol.